The molecule has 1 heterocycles. The molecule has 1 aromatic carbocycles. The number of thiazole rings is 1. The summed E-state index contributed by atoms with van der Waals surface area (Å²) in [6, 6.07) is 7.70. The van der Waals surface area contributed by atoms with Gasteiger partial charge in [-0.1, -0.05) is 30.9 Å². The molecule has 2 N–H and O–H groups in total. The number of nitrogens with zero attached hydrogens (tertiary/aromatic N) is 2. The summed E-state index contributed by atoms with van der Waals surface area (Å²) < 4.78 is 10.8. The molecule has 1 unspecified atom stereocenters. The predicted octanol–water partition coefficient (Wildman–Crippen LogP) is 3.62. The van der Waals surface area contributed by atoms with Gasteiger partial charge in [-0.05, 0) is 26.8 Å². The van der Waals surface area contributed by atoms with E-state index in [2.05, 4.69) is 27.2 Å². The number of rotatable bonds is 9. The number of benzene rings is 1. The van der Waals surface area contributed by atoms with Crippen molar-refractivity contribution in [2.24, 2.45) is 4.99 Å². The van der Waals surface area contributed by atoms with Crippen molar-refractivity contribution in [1.29, 1.82) is 0 Å². The molecule has 0 aliphatic rings. The van der Waals surface area contributed by atoms with E-state index < -0.39 is 0 Å². The molecular formula is C21H28N4O3S. The Morgan fingerprint density at radius 1 is 1.41 bits per heavy atom. The Morgan fingerprint density at radius 3 is 2.86 bits per heavy atom. The summed E-state index contributed by atoms with van der Waals surface area (Å²) in [6.07, 6.45) is 1.72. The van der Waals surface area contributed by atoms with Crippen LogP contribution in [0.25, 0.3) is 0 Å². The zero-order valence-corrected chi connectivity index (χ0v) is 18.1. The number of aromatic nitrogens is 1. The lowest BCUT2D eigenvalue weighted by atomic mass is 10.2. The van der Waals surface area contributed by atoms with E-state index in [-0.39, 0.29) is 12.0 Å². The van der Waals surface area contributed by atoms with Gasteiger partial charge in [0.2, 0.25) is 0 Å². The van der Waals surface area contributed by atoms with Crippen LogP contribution in [0.2, 0.25) is 0 Å². The molecule has 0 amide bonds. The Hall–Kier alpha value is -2.87. The third-order valence-electron chi connectivity index (χ3n) is 4.00. The number of aryl methyl sites for hydroxylation is 1. The standard InChI is InChI=1S/C21H28N4O3S/c1-6-12-28-17-11-9-8-10-16(17)13-23-21(22-5)25-15(4)19-24-14(3)18(29-19)20(26)27-7-2/h6,8-11,15H,1,7,12-13H2,2-5H3,(H2,22,23,25). The molecule has 29 heavy (non-hydrogen) atoms. The van der Waals surface area contributed by atoms with E-state index in [4.69, 9.17) is 9.47 Å². The van der Waals surface area contributed by atoms with Crippen LogP contribution in [0.4, 0.5) is 0 Å². The van der Waals surface area contributed by atoms with Crippen LogP contribution in [0.1, 0.15) is 45.8 Å². The van der Waals surface area contributed by atoms with Crippen molar-refractivity contribution < 1.29 is 14.3 Å². The SMILES string of the molecule is C=CCOc1ccccc1CNC(=NC)NC(C)c1nc(C)c(C(=O)OCC)s1. The molecule has 0 radical (unpaired) electrons. The maximum absolute atomic E-state index is 12.0. The average molecular weight is 417 g/mol. The highest BCUT2D eigenvalue weighted by atomic mass is 32.1. The largest absolute Gasteiger partial charge is 0.489 e. The maximum Gasteiger partial charge on any atom is 0.350 e. The second-order valence-corrected chi connectivity index (χ2v) is 7.22. The van der Waals surface area contributed by atoms with Crippen LogP contribution < -0.4 is 15.4 Å². The molecule has 0 saturated carbocycles. The Bertz CT molecular complexity index is 863. The van der Waals surface area contributed by atoms with E-state index in [0.717, 1.165) is 16.3 Å². The molecule has 2 aromatic rings. The van der Waals surface area contributed by atoms with Gasteiger partial charge in [-0.3, -0.25) is 4.99 Å². The number of nitrogens with one attached hydrogen (secondary N) is 2. The third-order valence-corrected chi connectivity index (χ3v) is 5.32. The molecule has 2 rings (SSSR count). The lowest BCUT2D eigenvalue weighted by Gasteiger charge is -2.17. The van der Waals surface area contributed by atoms with Crippen molar-refractivity contribution in [3.05, 3.63) is 58.1 Å². The number of hydrogen-bond donors (Lipinski definition) is 2. The fraction of sp³-hybridized carbons (Fsp3) is 0.381. The van der Waals surface area contributed by atoms with E-state index in [0.29, 0.717) is 36.3 Å². The van der Waals surface area contributed by atoms with Crippen LogP contribution in [0, 0.1) is 6.92 Å². The minimum absolute atomic E-state index is 0.125. The quantitative estimate of drug-likeness (QED) is 0.281. The van der Waals surface area contributed by atoms with Gasteiger partial charge >= 0.3 is 5.97 Å². The molecule has 0 aliphatic heterocycles. The first-order valence-corrected chi connectivity index (χ1v) is 10.2. The van der Waals surface area contributed by atoms with Crippen molar-refractivity contribution in [2.75, 3.05) is 20.3 Å². The smallest absolute Gasteiger partial charge is 0.350 e. The fourth-order valence-electron chi connectivity index (χ4n) is 2.57. The Labute approximate surface area is 175 Å². The first kappa shape index (κ1) is 22.4. The zero-order valence-electron chi connectivity index (χ0n) is 17.3. The van der Waals surface area contributed by atoms with Crippen LogP contribution in [0.5, 0.6) is 5.75 Å². The minimum Gasteiger partial charge on any atom is -0.489 e. The van der Waals surface area contributed by atoms with E-state index >= 15 is 0 Å². The minimum atomic E-state index is -0.334. The number of hydrogen-bond acceptors (Lipinski definition) is 6. The number of guanidine groups is 1. The summed E-state index contributed by atoms with van der Waals surface area (Å²) in [4.78, 5) is 21.3. The third kappa shape index (κ3) is 6.32. The molecule has 7 nitrogen and oxygen atoms in total. The lowest BCUT2D eigenvalue weighted by molar-refractivity contribution is 0.0531. The Morgan fingerprint density at radius 2 is 2.17 bits per heavy atom. The van der Waals surface area contributed by atoms with Gasteiger partial charge in [0, 0.05) is 19.2 Å². The molecular weight excluding hydrogens is 388 g/mol. The highest BCUT2D eigenvalue weighted by Crippen LogP contribution is 2.24. The van der Waals surface area contributed by atoms with Gasteiger partial charge < -0.3 is 20.1 Å². The summed E-state index contributed by atoms with van der Waals surface area (Å²) in [6.45, 7) is 10.6. The monoisotopic (exact) mass is 416 g/mol. The summed E-state index contributed by atoms with van der Waals surface area (Å²) in [5.74, 6) is 1.10. The number of aliphatic imine (C=N–C) groups is 1. The molecule has 0 spiro atoms. The molecule has 0 aliphatic carbocycles. The highest BCUT2D eigenvalue weighted by molar-refractivity contribution is 7.13. The zero-order chi connectivity index (χ0) is 21.2. The van der Waals surface area contributed by atoms with Gasteiger partial charge in [0.15, 0.2) is 5.96 Å². The second-order valence-electron chi connectivity index (χ2n) is 6.19. The van der Waals surface area contributed by atoms with E-state index in [1.165, 1.54) is 11.3 Å². The van der Waals surface area contributed by atoms with Gasteiger partial charge in [-0.25, -0.2) is 9.78 Å². The normalized spacial score (nSPS) is 12.2. The van der Waals surface area contributed by atoms with Crippen LogP contribution in [0.15, 0.2) is 41.9 Å². The van der Waals surface area contributed by atoms with Gasteiger partial charge in [0.05, 0.1) is 18.3 Å². The van der Waals surface area contributed by atoms with Crippen LogP contribution in [0.3, 0.4) is 0 Å². The number of para-hydroxylation sites is 1. The van der Waals surface area contributed by atoms with Crippen molar-refractivity contribution in [3.63, 3.8) is 0 Å². The highest BCUT2D eigenvalue weighted by Gasteiger charge is 2.20. The van der Waals surface area contributed by atoms with Gasteiger partial charge in [0.1, 0.15) is 22.2 Å². The topological polar surface area (TPSA) is 84.8 Å². The number of ether oxygens (including phenoxy) is 2. The van der Waals surface area contributed by atoms with Crippen LogP contribution >= 0.6 is 11.3 Å². The summed E-state index contributed by atoms with van der Waals surface area (Å²) in [7, 11) is 1.71. The van der Waals surface area contributed by atoms with E-state index in [1.807, 2.05) is 38.1 Å². The predicted molar refractivity (Wildman–Crippen MR) is 117 cm³/mol. The maximum atomic E-state index is 12.0. The second kappa shape index (κ2) is 11.2. The van der Waals surface area contributed by atoms with Crippen molar-refractivity contribution >= 4 is 23.3 Å². The lowest BCUT2D eigenvalue weighted by Crippen LogP contribution is -2.38. The van der Waals surface area contributed by atoms with Gasteiger partial charge in [-0.15, -0.1) is 11.3 Å². The van der Waals surface area contributed by atoms with Gasteiger partial charge in [0.25, 0.3) is 0 Å². The van der Waals surface area contributed by atoms with E-state index in [1.54, 1.807) is 20.0 Å². The Kier molecular flexibility index (Phi) is 8.67. The molecule has 0 fully saturated rings. The van der Waals surface area contributed by atoms with Crippen molar-refractivity contribution in [2.45, 2.75) is 33.4 Å². The number of carbonyl (C=O) groups is 1. The van der Waals surface area contributed by atoms with Crippen molar-refractivity contribution in [1.82, 2.24) is 15.6 Å². The molecule has 1 aromatic heterocycles. The van der Waals surface area contributed by atoms with Crippen LogP contribution in [-0.4, -0.2) is 37.2 Å². The first-order valence-electron chi connectivity index (χ1n) is 9.43. The molecule has 1 atom stereocenters. The molecule has 0 saturated heterocycles. The number of carbonyl (C=O) groups excluding carboxylic acids is 1. The molecule has 0 bridgehead atoms. The molecule has 156 valence electrons. The average Bonchev–Trinajstić information content (AvgIpc) is 3.12. The fourth-order valence-corrected chi connectivity index (χ4v) is 3.53. The first-order chi connectivity index (χ1) is 14.0. The number of esters is 1. The van der Waals surface area contributed by atoms with Gasteiger partial charge in [-0.2, -0.15) is 0 Å². The summed E-state index contributed by atoms with van der Waals surface area (Å²) >= 11 is 1.33. The summed E-state index contributed by atoms with van der Waals surface area (Å²) in [5, 5.41) is 7.39. The molecule has 8 heteroatoms. The van der Waals surface area contributed by atoms with Crippen molar-refractivity contribution in [3.8, 4) is 5.75 Å². The van der Waals surface area contributed by atoms with E-state index in [9.17, 15) is 4.79 Å². The summed E-state index contributed by atoms with van der Waals surface area (Å²) in [5.41, 5.74) is 1.69. The van der Waals surface area contributed by atoms with Crippen LogP contribution in [-0.2, 0) is 11.3 Å². The Balaban J connectivity index is 2.01.